The second kappa shape index (κ2) is 9.26. The molecule has 2 aromatic rings. The van der Waals surface area contributed by atoms with Gasteiger partial charge in [-0.1, -0.05) is 30.3 Å². The third kappa shape index (κ3) is 4.62. The molecular formula is C23H28N4O3. The van der Waals surface area contributed by atoms with Gasteiger partial charge in [0.1, 0.15) is 0 Å². The van der Waals surface area contributed by atoms with Crippen LogP contribution in [0.4, 0.5) is 11.4 Å². The molecule has 0 aliphatic carbocycles. The molecule has 30 heavy (non-hydrogen) atoms. The fraction of sp³-hybridized carbons (Fsp3) is 0.435. The second-order valence-corrected chi connectivity index (χ2v) is 8.06. The average molecular weight is 409 g/mol. The molecule has 0 aromatic heterocycles. The van der Waals surface area contributed by atoms with Gasteiger partial charge in [-0.25, -0.2) is 0 Å². The summed E-state index contributed by atoms with van der Waals surface area (Å²) in [7, 11) is 0. The third-order valence-corrected chi connectivity index (χ3v) is 6.03. The fourth-order valence-corrected chi connectivity index (χ4v) is 4.34. The molecule has 0 unspecified atom stereocenters. The van der Waals surface area contributed by atoms with Crippen molar-refractivity contribution in [2.24, 2.45) is 0 Å². The number of nitro benzene ring substituents is 1. The number of carbonyl (C=O) groups is 1. The van der Waals surface area contributed by atoms with E-state index in [-0.39, 0.29) is 11.6 Å². The molecule has 2 fully saturated rings. The van der Waals surface area contributed by atoms with E-state index < -0.39 is 4.92 Å². The molecule has 1 amide bonds. The monoisotopic (exact) mass is 408 g/mol. The molecule has 7 nitrogen and oxygen atoms in total. The number of non-ortho nitro benzene ring substituents is 1. The summed E-state index contributed by atoms with van der Waals surface area (Å²) in [6.45, 7) is 5.52. The summed E-state index contributed by atoms with van der Waals surface area (Å²) in [4.78, 5) is 30.6. The van der Waals surface area contributed by atoms with E-state index in [1.54, 1.807) is 6.07 Å². The summed E-state index contributed by atoms with van der Waals surface area (Å²) in [5, 5.41) is 11.3. The Morgan fingerprint density at radius 1 is 0.900 bits per heavy atom. The van der Waals surface area contributed by atoms with E-state index in [9.17, 15) is 14.9 Å². The Labute approximate surface area is 177 Å². The molecule has 2 aromatic carbocycles. The van der Waals surface area contributed by atoms with Gasteiger partial charge < -0.3 is 9.80 Å². The largest absolute Gasteiger partial charge is 0.371 e. The molecule has 0 atom stereocenters. The number of piperazine rings is 1. The lowest BCUT2D eigenvalue weighted by Gasteiger charge is -2.36. The van der Waals surface area contributed by atoms with Crippen LogP contribution in [0.3, 0.4) is 0 Å². The highest BCUT2D eigenvalue weighted by Crippen LogP contribution is 2.29. The summed E-state index contributed by atoms with van der Waals surface area (Å²) in [6.07, 6.45) is 3.36. The lowest BCUT2D eigenvalue weighted by atomic mass is 10.0. The summed E-state index contributed by atoms with van der Waals surface area (Å²) in [6, 6.07) is 15.1. The van der Waals surface area contributed by atoms with Gasteiger partial charge in [0.25, 0.3) is 11.6 Å². The number of piperidine rings is 1. The minimum absolute atomic E-state index is 0.0261. The molecule has 2 aliphatic rings. The predicted octanol–water partition coefficient (Wildman–Crippen LogP) is 3.54. The van der Waals surface area contributed by atoms with Gasteiger partial charge in [-0.15, -0.1) is 0 Å². The molecule has 2 saturated heterocycles. The number of carbonyl (C=O) groups excluding carboxylic acids is 1. The first-order valence-electron chi connectivity index (χ1n) is 10.7. The van der Waals surface area contributed by atoms with Crippen LogP contribution >= 0.6 is 0 Å². The Hall–Kier alpha value is -2.93. The van der Waals surface area contributed by atoms with Crippen molar-refractivity contribution >= 4 is 17.3 Å². The van der Waals surface area contributed by atoms with Crippen molar-refractivity contribution in [3.05, 3.63) is 69.8 Å². The molecule has 2 heterocycles. The first-order chi connectivity index (χ1) is 14.6. The molecule has 0 spiro atoms. The molecule has 0 N–H and O–H groups in total. The summed E-state index contributed by atoms with van der Waals surface area (Å²) < 4.78 is 0. The summed E-state index contributed by atoms with van der Waals surface area (Å²) in [5.74, 6) is -0.0985. The van der Waals surface area contributed by atoms with Gasteiger partial charge in [-0.2, -0.15) is 0 Å². The zero-order chi connectivity index (χ0) is 20.9. The molecule has 7 heteroatoms. The predicted molar refractivity (Wildman–Crippen MR) is 117 cm³/mol. The van der Waals surface area contributed by atoms with Crippen molar-refractivity contribution in [3.63, 3.8) is 0 Å². The van der Waals surface area contributed by atoms with Gasteiger partial charge in [0.05, 0.1) is 16.2 Å². The van der Waals surface area contributed by atoms with Gasteiger partial charge >= 0.3 is 0 Å². The van der Waals surface area contributed by atoms with Crippen LogP contribution in [0.2, 0.25) is 0 Å². The highest BCUT2D eigenvalue weighted by Gasteiger charge is 2.27. The summed E-state index contributed by atoms with van der Waals surface area (Å²) >= 11 is 0. The Kier molecular flexibility index (Phi) is 6.28. The van der Waals surface area contributed by atoms with Gasteiger partial charge in [-0.05, 0) is 30.9 Å². The van der Waals surface area contributed by atoms with E-state index in [1.165, 1.54) is 24.1 Å². The SMILES string of the molecule is O=C(c1cc([N+](=O)[O-])ccc1N1CCCCC1)N1CCN(Cc2ccccc2)CC1. The van der Waals surface area contributed by atoms with Gasteiger partial charge in [0.15, 0.2) is 0 Å². The lowest BCUT2D eigenvalue weighted by Crippen LogP contribution is -2.48. The second-order valence-electron chi connectivity index (χ2n) is 8.06. The minimum atomic E-state index is -0.422. The zero-order valence-electron chi connectivity index (χ0n) is 17.2. The normalized spacial score (nSPS) is 17.7. The number of hydrogen-bond donors (Lipinski definition) is 0. The van der Waals surface area contributed by atoms with E-state index in [0.717, 1.165) is 51.3 Å². The van der Waals surface area contributed by atoms with Crippen molar-refractivity contribution in [3.8, 4) is 0 Å². The minimum Gasteiger partial charge on any atom is -0.371 e. The Morgan fingerprint density at radius 3 is 2.27 bits per heavy atom. The topological polar surface area (TPSA) is 69.9 Å². The van der Waals surface area contributed by atoms with Crippen molar-refractivity contribution < 1.29 is 9.72 Å². The Bertz CT molecular complexity index is 889. The number of hydrogen-bond acceptors (Lipinski definition) is 5. The van der Waals surface area contributed by atoms with E-state index in [4.69, 9.17) is 0 Å². The maximum Gasteiger partial charge on any atom is 0.270 e. The molecule has 0 bridgehead atoms. The first kappa shape index (κ1) is 20.3. The van der Waals surface area contributed by atoms with Gasteiger partial charge in [0.2, 0.25) is 0 Å². The third-order valence-electron chi connectivity index (χ3n) is 6.03. The van der Waals surface area contributed by atoms with Crippen molar-refractivity contribution in [2.75, 3.05) is 44.2 Å². The lowest BCUT2D eigenvalue weighted by molar-refractivity contribution is -0.384. The number of benzene rings is 2. The van der Waals surface area contributed by atoms with Crippen molar-refractivity contribution in [2.45, 2.75) is 25.8 Å². The van der Waals surface area contributed by atoms with Crippen molar-refractivity contribution in [1.82, 2.24) is 9.80 Å². The number of rotatable bonds is 5. The first-order valence-corrected chi connectivity index (χ1v) is 10.7. The van der Waals surface area contributed by atoms with E-state index in [1.807, 2.05) is 23.1 Å². The van der Waals surface area contributed by atoms with Crippen LogP contribution in [-0.4, -0.2) is 59.9 Å². The number of anilines is 1. The zero-order valence-corrected chi connectivity index (χ0v) is 17.2. The molecule has 0 radical (unpaired) electrons. The maximum atomic E-state index is 13.4. The Balaban J connectivity index is 1.48. The van der Waals surface area contributed by atoms with Crippen LogP contribution in [0.1, 0.15) is 35.2 Å². The quantitative estimate of drug-likeness (QED) is 0.559. The van der Waals surface area contributed by atoms with E-state index in [0.29, 0.717) is 18.7 Å². The van der Waals surface area contributed by atoms with Crippen LogP contribution in [0.15, 0.2) is 48.5 Å². The fourth-order valence-electron chi connectivity index (χ4n) is 4.34. The van der Waals surface area contributed by atoms with Crippen LogP contribution in [-0.2, 0) is 6.54 Å². The van der Waals surface area contributed by atoms with Crippen LogP contribution < -0.4 is 4.90 Å². The Morgan fingerprint density at radius 2 is 1.60 bits per heavy atom. The number of amides is 1. The van der Waals surface area contributed by atoms with E-state index >= 15 is 0 Å². The number of nitrogens with zero attached hydrogens (tertiary/aromatic N) is 4. The average Bonchev–Trinajstić information content (AvgIpc) is 2.80. The maximum absolute atomic E-state index is 13.4. The van der Waals surface area contributed by atoms with Crippen LogP contribution in [0.5, 0.6) is 0 Å². The highest BCUT2D eigenvalue weighted by molar-refractivity contribution is 6.00. The molecule has 2 aliphatic heterocycles. The molecular weight excluding hydrogens is 380 g/mol. The van der Waals surface area contributed by atoms with E-state index in [2.05, 4.69) is 21.9 Å². The van der Waals surface area contributed by atoms with Crippen LogP contribution in [0.25, 0.3) is 0 Å². The van der Waals surface area contributed by atoms with Gasteiger partial charge in [0, 0.05) is 57.9 Å². The standard InChI is InChI=1S/C23H28N4O3/c28-23(26-15-13-24(14-16-26)18-19-7-3-1-4-8-19)21-17-20(27(29)30)9-10-22(21)25-11-5-2-6-12-25/h1,3-4,7-10,17H,2,5-6,11-16,18H2. The molecule has 0 saturated carbocycles. The smallest absolute Gasteiger partial charge is 0.270 e. The van der Waals surface area contributed by atoms with Gasteiger partial charge in [-0.3, -0.25) is 19.8 Å². The molecule has 4 rings (SSSR count). The number of nitro groups is 1. The van der Waals surface area contributed by atoms with Crippen molar-refractivity contribution in [1.29, 1.82) is 0 Å². The van der Waals surface area contributed by atoms with Crippen LogP contribution in [0, 0.1) is 10.1 Å². The molecule has 158 valence electrons. The summed E-state index contributed by atoms with van der Waals surface area (Å²) in [5.41, 5.74) is 2.53. The highest BCUT2D eigenvalue weighted by atomic mass is 16.6.